The van der Waals surface area contributed by atoms with Crippen LogP contribution in [0.4, 0.5) is 0 Å². The van der Waals surface area contributed by atoms with Crippen LogP contribution in [0.25, 0.3) is 0 Å². The summed E-state index contributed by atoms with van der Waals surface area (Å²) in [6.45, 7) is 26.8. The van der Waals surface area contributed by atoms with E-state index in [0.29, 0.717) is 21.8 Å². The number of piperidine rings is 1. The molecule has 0 radical (unpaired) electrons. The molecule has 1 heterocycles. The summed E-state index contributed by atoms with van der Waals surface area (Å²) in [7, 11) is 0. The molecule has 1 saturated heterocycles. The van der Waals surface area contributed by atoms with Crippen molar-refractivity contribution >= 4 is 0 Å². The zero-order valence-corrected chi connectivity index (χ0v) is 17.3. The van der Waals surface area contributed by atoms with Gasteiger partial charge in [-0.1, -0.05) is 69.2 Å². The fourth-order valence-electron chi connectivity index (χ4n) is 4.62. The second-order valence-electron chi connectivity index (χ2n) is 10.8. The van der Waals surface area contributed by atoms with Crippen molar-refractivity contribution in [3.63, 3.8) is 0 Å². The fraction of sp³-hybridized carbons (Fsp3) is 1.00. The molecule has 0 aromatic rings. The first-order chi connectivity index (χ1) is 9.73. The molecule has 0 saturated carbocycles. The lowest BCUT2D eigenvalue weighted by Crippen LogP contribution is -2.52. The maximum atomic E-state index is 2.75. The zero-order valence-electron chi connectivity index (χ0n) is 17.3. The molecule has 23 heavy (non-hydrogen) atoms. The second kappa shape index (κ2) is 7.46. The average molecular weight is 326 g/mol. The first-order valence-corrected chi connectivity index (χ1v) is 9.48. The van der Waals surface area contributed by atoms with Crippen molar-refractivity contribution in [1.29, 1.82) is 0 Å². The van der Waals surface area contributed by atoms with Crippen LogP contribution in [0.1, 0.15) is 102 Å². The molecule has 0 aliphatic carbocycles. The van der Waals surface area contributed by atoms with Gasteiger partial charge < -0.3 is 0 Å². The Morgan fingerprint density at radius 1 is 0.826 bits per heavy atom. The largest absolute Gasteiger partial charge is 0.298 e. The SMILES string of the molecule is C.CCC(C)(C)C(C)(C)C1CCN(C(C)(C)CC(C)(C)C)CC1. The maximum Gasteiger partial charge on any atom is 0.0158 e. The Bertz CT molecular complexity index is 349. The molecule has 0 bridgehead atoms. The molecule has 0 unspecified atom stereocenters. The van der Waals surface area contributed by atoms with Gasteiger partial charge in [-0.15, -0.1) is 0 Å². The molecule has 0 aromatic carbocycles. The minimum atomic E-state index is 0. The number of rotatable bonds is 5. The highest BCUT2D eigenvalue weighted by molar-refractivity contribution is 4.95. The average Bonchev–Trinajstić information content (AvgIpc) is 2.36. The highest BCUT2D eigenvalue weighted by atomic mass is 15.2. The predicted molar refractivity (Wildman–Crippen MR) is 107 cm³/mol. The monoisotopic (exact) mass is 325 g/mol. The number of hydrogen-bond acceptors (Lipinski definition) is 1. The summed E-state index contributed by atoms with van der Waals surface area (Å²) >= 11 is 0. The zero-order chi connectivity index (χ0) is 17.4. The number of hydrogen-bond donors (Lipinski definition) is 0. The summed E-state index contributed by atoms with van der Waals surface area (Å²) in [5.41, 5.74) is 1.60. The summed E-state index contributed by atoms with van der Waals surface area (Å²) in [5.74, 6) is 0.865. The van der Waals surface area contributed by atoms with Gasteiger partial charge in [-0.25, -0.2) is 0 Å². The summed E-state index contributed by atoms with van der Waals surface area (Å²) in [5, 5.41) is 0. The van der Waals surface area contributed by atoms with E-state index in [1.807, 2.05) is 0 Å². The van der Waals surface area contributed by atoms with Crippen LogP contribution in [0.15, 0.2) is 0 Å². The number of nitrogens with zero attached hydrogens (tertiary/aromatic N) is 1. The van der Waals surface area contributed by atoms with E-state index in [0.717, 1.165) is 5.92 Å². The molecule has 1 aliphatic rings. The summed E-state index contributed by atoms with van der Waals surface area (Å²) in [4.78, 5) is 2.75. The fourth-order valence-corrected chi connectivity index (χ4v) is 4.62. The van der Waals surface area contributed by atoms with Crippen LogP contribution < -0.4 is 0 Å². The lowest BCUT2D eigenvalue weighted by atomic mass is 9.58. The van der Waals surface area contributed by atoms with Gasteiger partial charge in [-0.3, -0.25) is 4.90 Å². The minimum absolute atomic E-state index is 0. The third kappa shape index (κ3) is 5.48. The second-order valence-corrected chi connectivity index (χ2v) is 10.8. The molecule has 140 valence electrons. The molecular weight excluding hydrogens is 278 g/mol. The Morgan fingerprint density at radius 2 is 1.26 bits per heavy atom. The van der Waals surface area contributed by atoms with Crippen LogP contribution >= 0.6 is 0 Å². The van der Waals surface area contributed by atoms with E-state index in [2.05, 4.69) is 74.1 Å². The molecule has 1 fully saturated rings. The van der Waals surface area contributed by atoms with Crippen LogP contribution in [0, 0.1) is 22.2 Å². The lowest BCUT2D eigenvalue weighted by molar-refractivity contribution is -0.0268. The molecule has 1 nitrogen and oxygen atoms in total. The Balaban J connectivity index is 0.00000484. The van der Waals surface area contributed by atoms with Gasteiger partial charge in [0.05, 0.1) is 0 Å². The quantitative estimate of drug-likeness (QED) is 0.525. The van der Waals surface area contributed by atoms with Gasteiger partial charge >= 0.3 is 0 Å². The van der Waals surface area contributed by atoms with Gasteiger partial charge in [0.15, 0.2) is 0 Å². The van der Waals surface area contributed by atoms with Crippen molar-refractivity contribution in [2.24, 2.45) is 22.2 Å². The molecule has 0 aromatic heterocycles. The van der Waals surface area contributed by atoms with Crippen LogP contribution in [-0.4, -0.2) is 23.5 Å². The standard InChI is InChI=1S/C21H43N.CH4/c1-11-19(5,6)21(9,10)17-12-14-22(15-13-17)20(7,8)16-18(2,3)4;/h17H,11-16H2,1-10H3;1H4. The highest BCUT2D eigenvalue weighted by Gasteiger charge is 2.44. The third-order valence-electron chi connectivity index (χ3n) is 6.96. The highest BCUT2D eigenvalue weighted by Crippen LogP contribution is 2.50. The van der Waals surface area contributed by atoms with Crippen molar-refractivity contribution in [1.82, 2.24) is 4.90 Å². The van der Waals surface area contributed by atoms with Crippen molar-refractivity contribution in [2.75, 3.05) is 13.1 Å². The van der Waals surface area contributed by atoms with Gasteiger partial charge in [0.25, 0.3) is 0 Å². The van der Waals surface area contributed by atoms with Crippen molar-refractivity contribution < 1.29 is 0 Å². The van der Waals surface area contributed by atoms with E-state index in [-0.39, 0.29) is 7.43 Å². The van der Waals surface area contributed by atoms with Gasteiger partial charge in [-0.2, -0.15) is 0 Å². The molecular formula is C22H47N. The van der Waals surface area contributed by atoms with E-state index in [1.54, 1.807) is 0 Å². The van der Waals surface area contributed by atoms with Crippen molar-refractivity contribution in [2.45, 2.75) is 108 Å². The first kappa shape index (κ1) is 23.0. The Hall–Kier alpha value is -0.0400. The summed E-state index contributed by atoms with van der Waals surface area (Å²) in [6, 6.07) is 0. The van der Waals surface area contributed by atoms with E-state index < -0.39 is 0 Å². The van der Waals surface area contributed by atoms with Crippen LogP contribution in [0.3, 0.4) is 0 Å². The van der Waals surface area contributed by atoms with Crippen molar-refractivity contribution in [3.05, 3.63) is 0 Å². The summed E-state index contributed by atoms with van der Waals surface area (Å²) < 4.78 is 0. The van der Waals surface area contributed by atoms with Gasteiger partial charge in [0.2, 0.25) is 0 Å². The Labute approximate surface area is 148 Å². The molecule has 0 amide bonds. The lowest BCUT2D eigenvalue weighted by Gasteiger charge is -2.52. The topological polar surface area (TPSA) is 3.24 Å². The maximum absolute atomic E-state index is 2.75. The van der Waals surface area contributed by atoms with E-state index in [1.165, 1.54) is 38.8 Å². The van der Waals surface area contributed by atoms with E-state index >= 15 is 0 Å². The third-order valence-corrected chi connectivity index (χ3v) is 6.96. The minimum Gasteiger partial charge on any atom is -0.298 e. The van der Waals surface area contributed by atoms with Crippen LogP contribution in [0.2, 0.25) is 0 Å². The van der Waals surface area contributed by atoms with Crippen LogP contribution in [0.5, 0.6) is 0 Å². The molecule has 0 atom stereocenters. The molecule has 1 heteroatoms. The molecule has 0 N–H and O–H groups in total. The Kier molecular flexibility index (Phi) is 7.45. The molecule has 1 rings (SSSR count). The van der Waals surface area contributed by atoms with Crippen molar-refractivity contribution in [3.8, 4) is 0 Å². The van der Waals surface area contributed by atoms with E-state index in [4.69, 9.17) is 0 Å². The Morgan fingerprint density at radius 3 is 1.61 bits per heavy atom. The van der Waals surface area contributed by atoms with E-state index in [9.17, 15) is 0 Å². The van der Waals surface area contributed by atoms with Crippen LogP contribution in [-0.2, 0) is 0 Å². The molecule has 0 spiro atoms. The smallest absolute Gasteiger partial charge is 0.0158 e. The first-order valence-electron chi connectivity index (χ1n) is 9.48. The normalized spacial score (nSPS) is 19.6. The van der Waals surface area contributed by atoms with Gasteiger partial charge in [-0.05, 0) is 68.4 Å². The molecule has 1 aliphatic heterocycles. The van der Waals surface area contributed by atoms with Gasteiger partial charge in [0.1, 0.15) is 0 Å². The summed E-state index contributed by atoms with van der Waals surface area (Å²) in [6.07, 6.45) is 5.28. The van der Waals surface area contributed by atoms with Gasteiger partial charge in [0, 0.05) is 5.54 Å². The number of likely N-dealkylation sites (tertiary alicyclic amines) is 1. The predicted octanol–water partition coefficient (Wildman–Crippen LogP) is 7.01.